The van der Waals surface area contributed by atoms with E-state index >= 15 is 0 Å². The van der Waals surface area contributed by atoms with Crippen molar-refractivity contribution < 1.29 is 24.4 Å². The summed E-state index contributed by atoms with van der Waals surface area (Å²) >= 11 is 0. The molecule has 0 amide bonds. The first kappa shape index (κ1) is 20.0. The lowest BCUT2D eigenvalue weighted by Gasteiger charge is -2.47. The van der Waals surface area contributed by atoms with Gasteiger partial charge in [-0.3, -0.25) is 0 Å². The van der Waals surface area contributed by atoms with E-state index in [1.807, 2.05) is 6.92 Å². The molecular formula is C15H32N4O5. The van der Waals surface area contributed by atoms with Crippen LogP contribution in [0.2, 0.25) is 0 Å². The summed E-state index contributed by atoms with van der Waals surface area (Å²) in [5, 5.41) is 24.0. The average molecular weight is 348 g/mol. The number of likely N-dealkylation sites (N-methyl/N-ethyl adjacent to an activating group) is 1. The monoisotopic (exact) mass is 348 g/mol. The summed E-state index contributed by atoms with van der Waals surface area (Å²) in [6.07, 6.45) is -2.90. The largest absolute Gasteiger partial charge is 0.389 e. The first-order valence-electron chi connectivity index (χ1n) is 8.45. The summed E-state index contributed by atoms with van der Waals surface area (Å²) in [4.78, 5) is 0. The normalized spacial score (nSPS) is 48.2. The van der Waals surface area contributed by atoms with Gasteiger partial charge in [-0.1, -0.05) is 0 Å². The topological polar surface area (TPSA) is 158 Å². The van der Waals surface area contributed by atoms with Crippen LogP contribution in [0, 0.1) is 0 Å². The summed E-state index contributed by atoms with van der Waals surface area (Å²) in [6.45, 7) is 1.86. The Morgan fingerprint density at radius 2 is 1.83 bits per heavy atom. The molecular weight excluding hydrogens is 316 g/mol. The van der Waals surface area contributed by atoms with Gasteiger partial charge in [-0.25, -0.2) is 0 Å². The molecule has 2 aliphatic rings. The summed E-state index contributed by atoms with van der Waals surface area (Å²) in [5.41, 5.74) is 18.1. The van der Waals surface area contributed by atoms with Crippen LogP contribution in [0.25, 0.3) is 0 Å². The van der Waals surface area contributed by atoms with Gasteiger partial charge in [0.1, 0.15) is 12.2 Å². The fourth-order valence-electron chi connectivity index (χ4n) is 3.55. The molecule has 24 heavy (non-hydrogen) atoms. The molecule has 10 atom stereocenters. The number of ether oxygens (including phenoxy) is 3. The molecule has 9 heteroatoms. The van der Waals surface area contributed by atoms with E-state index in [-0.39, 0.29) is 18.2 Å². The molecule has 1 heterocycles. The van der Waals surface area contributed by atoms with Gasteiger partial charge in [0.25, 0.3) is 0 Å². The second kappa shape index (κ2) is 8.35. The van der Waals surface area contributed by atoms with E-state index in [4.69, 9.17) is 31.4 Å². The smallest absolute Gasteiger partial charge is 0.173 e. The molecule has 9 N–H and O–H groups in total. The third-order valence-corrected chi connectivity index (χ3v) is 5.10. The molecule has 1 aliphatic heterocycles. The molecule has 0 aromatic carbocycles. The van der Waals surface area contributed by atoms with Crippen molar-refractivity contribution in [1.82, 2.24) is 5.32 Å². The van der Waals surface area contributed by atoms with Gasteiger partial charge in [-0.2, -0.15) is 0 Å². The van der Waals surface area contributed by atoms with Gasteiger partial charge in [0.15, 0.2) is 6.29 Å². The molecule has 0 radical (unpaired) electrons. The van der Waals surface area contributed by atoms with Gasteiger partial charge in [0.2, 0.25) is 0 Å². The van der Waals surface area contributed by atoms with E-state index in [0.29, 0.717) is 6.42 Å². The number of methoxy groups -OCH3 is 1. The van der Waals surface area contributed by atoms with Gasteiger partial charge in [-0.05, 0) is 26.8 Å². The Balaban J connectivity index is 2.11. The lowest BCUT2D eigenvalue weighted by Crippen LogP contribution is -2.71. The van der Waals surface area contributed by atoms with E-state index in [2.05, 4.69) is 5.32 Å². The second-order valence-corrected chi connectivity index (χ2v) is 6.82. The van der Waals surface area contributed by atoms with E-state index in [9.17, 15) is 10.2 Å². The molecule has 142 valence electrons. The predicted octanol–water partition coefficient (Wildman–Crippen LogP) is -2.78. The van der Waals surface area contributed by atoms with E-state index in [0.717, 1.165) is 6.42 Å². The summed E-state index contributed by atoms with van der Waals surface area (Å²) in [5.74, 6) is 0. The highest BCUT2D eigenvalue weighted by molar-refractivity contribution is 5.05. The van der Waals surface area contributed by atoms with Crippen LogP contribution in [-0.4, -0.2) is 85.3 Å². The molecule has 9 nitrogen and oxygen atoms in total. The fourth-order valence-corrected chi connectivity index (χ4v) is 3.55. The first-order chi connectivity index (χ1) is 11.3. The van der Waals surface area contributed by atoms with Crippen molar-refractivity contribution in [3.05, 3.63) is 0 Å². The van der Waals surface area contributed by atoms with Crippen molar-refractivity contribution in [3.8, 4) is 0 Å². The Hall–Kier alpha value is -0.360. The molecule has 1 saturated carbocycles. The number of rotatable bonds is 5. The number of aliphatic hydroxyl groups is 2. The van der Waals surface area contributed by atoms with Gasteiger partial charge in [0, 0.05) is 13.2 Å². The van der Waals surface area contributed by atoms with Crippen LogP contribution in [-0.2, 0) is 14.2 Å². The van der Waals surface area contributed by atoms with E-state index < -0.39 is 42.8 Å². The third kappa shape index (κ3) is 3.90. The highest BCUT2D eigenvalue weighted by atomic mass is 16.7. The van der Waals surface area contributed by atoms with Crippen LogP contribution >= 0.6 is 0 Å². The van der Waals surface area contributed by atoms with Crippen molar-refractivity contribution >= 4 is 0 Å². The molecule has 2 rings (SSSR count). The lowest BCUT2D eigenvalue weighted by molar-refractivity contribution is -0.262. The maximum atomic E-state index is 10.6. The zero-order valence-corrected chi connectivity index (χ0v) is 14.5. The van der Waals surface area contributed by atoms with E-state index in [1.165, 1.54) is 7.11 Å². The summed E-state index contributed by atoms with van der Waals surface area (Å²) in [7, 11) is 3.14. The van der Waals surface area contributed by atoms with E-state index in [1.54, 1.807) is 7.05 Å². The summed E-state index contributed by atoms with van der Waals surface area (Å²) in [6, 6.07) is -1.85. The minimum Gasteiger partial charge on any atom is -0.389 e. The number of nitrogens with two attached hydrogens (primary N) is 3. The van der Waals surface area contributed by atoms with Gasteiger partial charge in [-0.15, -0.1) is 0 Å². The molecule has 1 aliphatic carbocycles. The minimum atomic E-state index is -0.995. The van der Waals surface area contributed by atoms with Crippen molar-refractivity contribution in [2.45, 2.75) is 80.7 Å². The number of hydrogen-bond donors (Lipinski definition) is 6. The Morgan fingerprint density at radius 3 is 2.38 bits per heavy atom. The number of aliphatic hydroxyl groups excluding tert-OH is 2. The maximum Gasteiger partial charge on any atom is 0.173 e. The average Bonchev–Trinajstić information content (AvgIpc) is 2.55. The van der Waals surface area contributed by atoms with Crippen molar-refractivity contribution in [2.24, 2.45) is 17.2 Å². The van der Waals surface area contributed by atoms with Crippen molar-refractivity contribution in [2.75, 3.05) is 14.2 Å². The van der Waals surface area contributed by atoms with Crippen LogP contribution in [0.4, 0.5) is 0 Å². The summed E-state index contributed by atoms with van der Waals surface area (Å²) < 4.78 is 17.0. The molecule has 0 aromatic rings. The Morgan fingerprint density at radius 1 is 1.17 bits per heavy atom. The number of hydrogen-bond acceptors (Lipinski definition) is 9. The standard InChI is InChI=1S/C15H32N4O5/c1-6(16)8-5-4-7(17)15(23-8)24-13-9(18)11(20)14(22-3)10(19-2)12(13)21/h6-15,19-21H,4-5,16-18H2,1-3H3/t6-,7+,8-,9+,10-,11-,12-,13-,14-,15+/m0/s1. The van der Waals surface area contributed by atoms with Crippen LogP contribution in [0.5, 0.6) is 0 Å². The van der Waals surface area contributed by atoms with Crippen LogP contribution in [0.15, 0.2) is 0 Å². The Labute approximate surface area is 142 Å². The Kier molecular flexibility index (Phi) is 6.94. The minimum absolute atomic E-state index is 0.151. The predicted molar refractivity (Wildman–Crippen MR) is 88.0 cm³/mol. The molecule has 0 spiro atoms. The first-order valence-corrected chi connectivity index (χ1v) is 8.45. The molecule has 1 saturated heterocycles. The zero-order chi connectivity index (χ0) is 18.0. The third-order valence-electron chi connectivity index (χ3n) is 5.10. The molecule has 0 unspecified atom stereocenters. The number of nitrogens with one attached hydrogen (secondary N) is 1. The SMILES string of the molecule is CN[C@H]1[C@H](O)[C@@H](O[C@H]2O[C@H]([C@H](C)N)CC[C@H]2N)[C@H](N)[C@H](O)[C@H]1OC. The Bertz CT molecular complexity index is 402. The van der Waals surface area contributed by atoms with Crippen LogP contribution in [0.3, 0.4) is 0 Å². The molecule has 2 fully saturated rings. The van der Waals surface area contributed by atoms with Crippen molar-refractivity contribution in [3.63, 3.8) is 0 Å². The van der Waals surface area contributed by atoms with Gasteiger partial charge >= 0.3 is 0 Å². The maximum absolute atomic E-state index is 10.6. The van der Waals surface area contributed by atoms with Crippen molar-refractivity contribution in [1.29, 1.82) is 0 Å². The lowest BCUT2D eigenvalue weighted by atomic mass is 9.81. The quantitative estimate of drug-likeness (QED) is 0.309. The van der Waals surface area contributed by atoms with Gasteiger partial charge < -0.3 is 46.9 Å². The highest BCUT2D eigenvalue weighted by Crippen LogP contribution is 2.28. The molecule has 0 bridgehead atoms. The fraction of sp³-hybridized carbons (Fsp3) is 1.00. The second-order valence-electron chi connectivity index (χ2n) is 6.82. The van der Waals surface area contributed by atoms with Crippen LogP contribution < -0.4 is 22.5 Å². The highest BCUT2D eigenvalue weighted by Gasteiger charge is 2.50. The van der Waals surface area contributed by atoms with Gasteiger partial charge in [0.05, 0.1) is 36.4 Å². The zero-order valence-electron chi connectivity index (χ0n) is 14.5. The van der Waals surface area contributed by atoms with Crippen LogP contribution in [0.1, 0.15) is 19.8 Å². The molecule has 0 aromatic heterocycles.